The molecule has 14 heteroatoms. The van der Waals surface area contributed by atoms with E-state index in [2.05, 4.69) is 163 Å². The van der Waals surface area contributed by atoms with Crippen LogP contribution in [0.25, 0.3) is 0 Å². The summed E-state index contributed by atoms with van der Waals surface area (Å²) in [5.74, 6) is 0.177. The van der Waals surface area contributed by atoms with Gasteiger partial charge in [0.05, 0.1) is 73.2 Å². The molecule has 0 aromatic heterocycles. The van der Waals surface area contributed by atoms with Crippen molar-refractivity contribution in [2.24, 2.45) is 23.7 Å². The van der Waals surface area contributed by atoms with Gasteiger partial charge in [0, 0.05) is 30.8 Å². The number of allylic oxidation sites excluding steroid dienone is 2. The van der Waals surface area contributed by atoms with Gasteiger partial charge in [-0.05, 0) is 141 Å². The summed E-state index contributed by atoms with van der Waals surface area (Å²) in [4.78, 5) is 26.9. The summed E-state index contributed by atoms with van der Waals surface area (Å²) in [6, 6.07) is 0. The molecule has 5 aliphatic rings. The van der Waals surface area contributed by atoms with Crippen LogP contribution in [-0.2, 0) is 51.3 Å². The van der Waals surface area contributed by atoms with E-state index in [1.807, 2.05) is 12.2 Å². The minimum atomic E-state index is -2.44. The highest BCUT2D eigenvalue weighted by Gasteiger charge is 2.56. The van der Waals surface area contributed by atoms with Gasteiger partial charge in [-0.15, -0.1) is 6.58 Å². The van der Waals surface area contributed by atoms with Crippen LogP contribution in [-0.4, -0.2) is 122 Å². The molecule has 0 radical (unpaired) electrons. The van der Waals surface area contributed by atoms with Gasteiger partial charge in [-0.1, -0.05) is 135 Å². The number of carbonyl (C=O) groups excluding carboxylic acids is 2. The van der Waals surface area contributed by atoms with Gasteiger partial charge in [-0.3, -0.25) is 4.79 Å². The van der Waals surface area contributed by atoms with E-state index in [9.17, 15) is 9.59 Å². The predicted molar refractivity (Wildman–Crippen MR) is 330 cm³/mol. The fraction of sp³-hybridized carbons (Fsp3) is 0.815. The summed E-state index contributed by atoms with van der Waals surface area (Å²) < 4.78 is 63.1. The van der Waals surface area contributed by atoms with Crippen LogP contribution in [0.3, 0.4) is 0 Å². The van der Waals surface area contributed by atoms with Crippen LogP contribution in [0, 0.1) is 23.7 Å². The van der Waals surface area contributed by atoms with E-state index in [4.69, 9.17) is 41.7 Å². The Morgan fingerprint density at radius 1 is 0.671 bits per heavy atom. The smallest absolute Gasteiger partial charge is 0.330 e. The van der Waals surface area contributed by atoms with Crippen molar-refractivity contribution >= 4 is 36.7 Å². The zero-order chi connectivity index (χ0) is 59.4. The minimum Gasteiger partial charge on any atom is -0.456 e. The van der Waals surface area contributed by atoms with Crippen molar-refractivity contribution in [3.63, 3.8) is 0 Å². The third kappa shape index (κ3) is 17.2. The Hall–Kier alpha value is -1.83. The second kappa shape index (κ2) is 27.5. The Bertz CT molecular complexity index is 2100. The average molecular weight is 1160 g/mol. The number of rotatable bonds is 24. The van der Waals surface area contributed by atoms with E-state index in [1.54, 1.807) is 6.08 Å². The molecule has 0 amide bonds. The quantitative estimate of drug-likeness (QED) is 0.0398. The van der Waals surface area contributed by atoms with Crippen LogP contribution in [0.5, 0.6) is 0 Å². The Labute approximate surface area is 484 Å². The van der Waals surface area contributed by atoms with E-state index in [-0.39, 0.29) is 99.7 Å². The first-order valence-corrected chi connectivity index (χ1v) is 39.5. The Balaban J connectivity index is 1.29. The van der Waals surface area contributed by atoms with Gasteiger partial charge in [0.15, 0.2) is 30.7 Å². The zero-order valence-electron chi connectivity index (χ0n) is 53.5. The molecule has 0 aromatic rings. The number of fused-ring (bicyclic) bond motifs is 1. The van der Waals surface area contributed by atoms with Crippen LogP contribution >= 0.6 is 0 Å². The second-order valence-electron chi connectivity index (χ2n) is 29.5. The molecule has 5 saturated heterocycles. The first-order chi connectivity index (χ1) is 36.4. The Kier molecular flexibility index (Phi) is 23.6. The lowest BCUT2D eigenvalue weighted by Crippen LogP contribution is -2.65. The minimum absolute atomic E-state index is 0.0145. The number of hydrogen-bond acceptors (Lipinski definition) is 11. The maximum absolute atomic E-state index is 14.2. The molecule has 0 spiro atoms. The maximum Gasteiger partial charge on any atom is 0.330 e. The van der Waals surface area contributed by atoms with Crippen LogP contribution in [0.1, 0.15) is 174 Å². The predicted octanol–water partition coefficient (Wildman–Crippen LogP) is 15.8. The lowest BCUT2D eigenvalue weighted by molar-refractivity contribution is -0.263. The van der Waals surface area contributed by atoms with Crippen molar-refractivity contribution < 1.29 is 51.3 Å². The van der Waals surface area contributed by atoms with E-state index in [0.29, 0.717) is 31.6 Å². The molecule has 5 heterocycles. The highest BCUT2D eigenvalue weighted by atomic mass is 28.4. The van der Waals surface area contributed by atoms with Gasteiger partial charge in [-0.25, -0.2) is 4.79 Å². The molecular weight excluding hydrogens is 1040 g/mol. The van der Waals surface area contributed by atoms with Crippen LogP contribution in [0.15, 0.2) is 61.8 Å². The van der Waals surface area contributed by atoms with E-state index >= 15 is 0 Å². The van der Waals surface area contributed by atoms with Gasteiger partial charge in [0.25, 0.3) is 0 Å². The van der Waals surface area contributed by atoms with Gasteiger partial charge >= 0.3 is 5.97 Å². The lowest BCUT2D eigenvalue weighted by Gasteiger charge is -2.54. The van der Waals surface area contributed by atoms with Gasteiger partial charge < -0.3 is 41.7 Å². The number of carbonyl (C=O) groups is 2. The van der Waals surface area contributed by atoms with Crippen molar-refractivity contribution in [2.45, 2.75) is 314 Å². The van der Waals surface area contributed by atoms with Crippen molar-refractivity contribution in [3.8, 4) is 0 Å². The van der Waals surface area contributed by atoms with E-state index < -0.39 is 55.3 Å². The highest BCUT2D eigenvalue weighted by Crippen LogP contribution is 2.48. The van der Waals surface area contributed by atoms with Gasteiger partial charge in [-0.2, -0.15) is 0 Å². The molecule has 452 valence electrons. The summed E-state index contributed by atoms with van der Waals surface area (Å²) in [6.07, 6.45) is 12.8. The standard InChI is InChI=1S/C65H114O11Si3/c1-25-28-30-52-45(8)60(75-78(21,22)64(13,14)15)62(76-79(23,24)65(16,17)18)61(72-52)53(74-77(19,20)63(10,11)12)35-32-47(66)31-33-48-38-42(5)51(68-48)36-34-49-37-41(4)44(7)54(69-49)40-56-59(73-57(67)27-3)46(9)58-55(70-56)39-43(6)50(71-58)29-26-2/h25,27,32,35,41,43,45-46,48-56,58-62H,1,3,5,7,26,28-31,33-34,36-40H2,2,4,6,8-24H3/b35-32+. The van der Waals surface area contributed by atoms with E-state index in [0.717, 1.165) is 62.5 Å². The summed E-state index contributed by atoms with van der Waals surface area (Å²) in [7, 11) is -7.16. The van der Waals surface area contributed by atoms with E-state index in [1.165, 1.54) is 6.08 Å². The molecule has 5 rings (SSSR count). The molecule has 0 N–H and O–H groups in total. The largest absolute Gasteiger partial charge is 0.456 e. The van der Waals surface area contributed by atoms with Gasteiger partial charge in [0.2, 0.25) is 0 Å². The first-order valence-electron chi connectivity index (χ1n) is 30.8. The molecule has 5 aliphatic heterocycles. The fourth-order valence-corrected chi connectivity index (χ4v) is 15.7. The molecule has 5 fully saturated rings. The third-order valence-electron chi connectivity index (χ3n) is 20.2. The molecule has 0 saturated carbocycles. The summed E-state index contributed by atoms with van der Waals surface area (Å²) >= 11 is 0. The molecule has 0 bridgehead atoms. The number of ketones is 1. The van der Waals surface area contributed by atoms with Crippen LogP contribution in [0.2, 0.25) is 54.4 Å². The summed E-state index contributed by atoms with van der Waals surface area (Å²) in [6.45, 7) is 62.2. The van der Waals surface area contributed by atoms with Crippen molar-refractivity contribution in [2.75, 3.05) is 0 Å². The topological polar surface area (TPSA) is 117 Å². The van der Waals surface area contributed by atoms with Crippen molar-refractivity contribution in [1.82, 2.24) is 0 Å². The monoisotopic (exact) mass is 1150 g/mol. The molecular formula is C65H114O11Si3. The SMILES string of the molecule is C=CCCC1OC(C(/C=C/C(=O)CCC2CC(=C)C(CCC3CC(C)C(=C)C(CC4OC5CC(C)C(CCC)OC5C(C)C4OC(=O)C=C)O3)O2)O[Si](C)(C)C(C)(C)C)C(O[Si](C)(C)C(C)(C)C)C(O[Si](C)(C)C(C)(C)C)C1C. The molecule has 0 aliphatic carbocycles. The first kappa shape index (κ1) is 68.0. The second-order valence-corrected chi connectivity index (χ2v) is 43.7. The molecule has 79 heavy (non-hydrogen) atoms. The number of ether oxygens (including phenoxy) is 6. The van der Waals surface area contributed by atoms with Crippen LogP contribution in [0.4, 0.5) is 0 Å². The summed E-state index contributed by atoms with van der Waals surface area (Å²) in [5, 5.41) is -0.184. The van der Waals surface area contributed by atoms with Crippen LogP contribution < -0.4 is 0 Å². The summed E-state index contributed by atoms with van der Waals surface area (Å²) in [5.41, 5.74) is 2.11. The van der Waals surface area contributed by atoms with Crippen molar-refractivity contribution in [3.05, 3.63) is 61.8 Å². The number of esters is 1. The Morgan fingerprint density at radius 3 is 1.86 bits per heavy atom. The van der Waals surface area contributed by atoms with Gasteiger partial charge in [0.1, 0.15) is 12.2 Å². The normalized spacial score (nSPS) is 34.8. The molecule has 11 nitrogen and oxygen atoms in total. The highest BCUT2D eigenvalue weighted by molar-refractivity contribution is 6.75. The lowest BCUT2D eigenvalue weighted by atomic mass is 9.78. The molecule has 18 atom stereocenters. The average Bonchev–Trinajstić information content (AvgIpc) is 3.82. The molecule has 0 aromatic carbocycles. The molecule has 18 unspecified atom stereocenters. The van der Waals surface area contributed by atoms with Crippen molar-refractivity contribution in [1.29, 1.82) is 0 Å². The third-order valence-corrected chi connectivity index (χ3v) is 33.6. The number of hydrogen-bond donors (Lipinski definition) is 0. The maximum atomic E-state index is 14.2. The Morgan fingerprint density at radius 2 is 1.28 bits per heavy atom. The fourth-order valence-electron chi connectivity index (χ4n) is 11.8. The zero-order valence-corrected chi connectivity index (χ0v) is 56.5.